The molecular weight excluding hydrogens is 210 g/mol. The van der Waals surface area contributed by atoms with Gasteiger partial charge < -0.3 is 10.1 Å². The Bertz CT molecular complexity index is 392. The van der Waals surface area contributed by atoms with Crippen molar-refractivity contribution in [3.63, 3.8) is 0 Å². The third kappa shape index (κ3) is 2.00. The summed E-state index contributed by atoms with van der Waals surface area (Å²) in [5.41, 5.74) is 3.20. The Balaban J connectivity index is 1.83. The van der Waals surface area contributed by atoms with Crippen LogP contribution < -0.4 is 5.32 Å². The molecule has 0 saturated carbocycles. The Morgan fingerprint density at radius 1 is 1.35 bits per heavy atom. The second kappa shape index (κ2) is 4.43. The molecule has 0 spiro atoms. The van der Waals surface area contributed by atoms with Crippen molar-refractivity contribution < 1.29 is 4.74 Å². The van der Waals surface area contributed by atoms with E-state index in [1.807, 2.05) is 0 Å². The lowest BCUT2D eigenvalue weighted by atomic mass is 9.72. The van der Waals surface area contributed by atoms with Crippen LogP contribution in [0.15, 0.2) is 24.3 Å². The molecule has 2 heterocycles. The van der Waals surface area contributed by atoms with E-state index in [1.165, 1.54) is 36.9 Å². The van der Waals surface area contributed by atoms with Crippen molar-refractivity contribution in [2.45, 2.75) is 37.6 Å². The van der Waals surface area contributed by atoms with E-state index in [9.17, 15) is 0 Å². The van der Waals surface area contributed by atoms with Crippen LogP contribution in [0.4, 0.5) is 0 Å². The summed E-state index contributed by atoms with van der Waals surface area (Å²) in [4.78, 5) is 0. The van der Waals surface area contributed by atoms with Crippen molar-refractivity contribution in [2.75, 3.05) is 19.8 Å². The van der Waals surface area contributed by atoms with Crippen LogP contribution in [0.2, 0.25) is 0 Å². The third-order valence-corrected chi connectivity index (χ3v) is 4.27. The largest absolute Gasteiger partial charge is 0.379 e. The smallest absolute Gasteiger partial charge is 0.0586 e. The molecular formula is C15H21NO. The number of aryl methyl sites for hydroxylation is 1. The van der Waals surface area contributed by atoms with E-state index in [0.29, 0.717) is 6.04 Å². The first kappa shape index (κ1) is 11.2. The Labute approximate surface area is 103 Å². The van der Waals surface area contributed by atoms with Gasteiger partial charge in [0.1, 0.15) is 0 Å². The summed E-state index contributed by atoms with van der Waals surface area (Å²) >= 11 is 0. The zero-order valence-electron chi connectivity index (χ0n) is 10.5. The maximum absolute atomic E-state index is 5.53. The maximum Gasteiger partial charge on any atom is 0.0586 e. The van der Waals surface area contributed by atoms with E-state index in [2.05, 4.69) is 36.5 Å². The van der Waals surface area contributed by atoms with Gasteiger partial charge in [0.05, 0.1) is 13.2 Å². The highest BCUT2D eigenvalue weighted by Crippen LogP contribution is 2.39. The van der Waals surface area contributed by atoms with Gasteiger partial charge in [0.25, 0.3) is 0 Å². The molecule has 92 valence electrons. The molecule has 0 bridgehead atoms. The molecule has 17 heavy (non-hydrogen) atoms. The van der Waals surface area contributed by atoms with Gasteiger partial charge in [-0.3, -0.25) is 0 Å². The van der Waals surface area contributed by atoms with Crippen LogP contribution in [-0.4, -0.2) is 25.8 Å². The highest BCUT2D eigenvalue weighted by molar-refractivity contribution is 5.35. The first-order valence-electron chi connectivity index (χ1n) is 6.67. The van der Waals surface area contributed by atoms with E-state index >= 15 is 0 Å². The zero-order valence-corrected chi connectivity index (χ0v) is 10.5. The minimum absolute atomic E-state index is 0.285. The van der Waals surface area contributed by atoms with Crippen LogP contribution >= 0.6 is 0 Å². The number of nitrogens with one attached hydrogen (secondary N) is 1. The summed E-state index contributed by atoms with van der Waals surface area (Å²) in [5.74, 6) is 0. The molecule has 0 aliphatic carbocycles. The molecule has 2 saturated heterocycles. The highest BCUT2D eigenvalue weighted by Gasteiger charge is 2.43. The van der Waals surface area contributed by atoms with Crippen molar-refractivity contribution in [3.05, 3.63) is 35.4 Å². The summed E-state index contributed by atoms with van der Waals surface area (Å²) in [5, 5.41) is 3.61. The molecule has 0 radical (unpaired) electrons. The molecule has 2 aliphatic heterocycles. The maximum atomic E-state index is 5.53. The second-order valence-electron chi connectivity index (χ2n) is 5.59. The topological polar surface area (TPSA) is 21.3 Å². The minimum Gasteiger partial charge on any atom is -0.379 e. The molecule has 0 aromatic heterocycles. The SMILES string of the molecule is Cc1ccccc1C1(CC2CCCN2)COC1. The van der Waals surface area contributed by atoms with Crippen LogP contribution in [0.5, 0.6) is 0 Å². The van der Waals surface area contributed by atoms with E-state index in [1.54, 1.807) is 0 Å². The fraction of sp³-hybridized carbons (Fsp3) is 0.600. The fourth-order valence-corrected chi connectivity index (χ4v) is 3.30. The average Bonchev–Trinajstić information content (AvgIpc) is 2.77. The van der Waals surface area contributed by atoms with E-state index < -0.39 is 0 Å². The summed E-state index contributed by atoms with van der Waals surface area (Å²) in [6.07, 6.45) is 3.89. The lowest BCUT2D eigenvalue weighted by Gasteiger charge is -2.44. The fourth-order valence-electron chi connectivity index (χ4n) is 3.30. The first-order chi connectivity index (χ1) is 8.30. The summed E-state index contributed by atoms with van der Waals surface area (Å²) in [7, 11) is 0. The lowest BCUT2D eigenvalue weighted by molar-refractivity contribution is -0.0682. The number of rotatable bonds is 3. The van der Waals surface area contributed by atoms with E-state index in [-0.39, 0.29) is 5.41 Å². The first-order valence-corrected chi connectivity index (χ1v) is 6.67. The van der Waals surface area contributed by atoms with Gasteiger partial charge in [0, 0.05) is 11.5 Å². The van der Waals surface area contributed by atoms with Gasteiger partial charge in [0.2, 0.25) is 0 Å². The van der Waals surface area contributed by atoms with Gasteiger partial charge in [-0.15, -0.1) is 0 Å². The van der Waals surface area contributed by atoms with Gasteiger partial charge >= 0.3 is 0 Å². The molecule has 1 N–H and O–H groups in total. The minimum atomic E-state index is 0.285. The van der Waals surface area contributed by atoms with Crippen LogP contribution in [0, 0.1) is 6.92 Å². The molecule has 1 unspecified atom stereocenters. The molecule has 1 aromatic rings. The van der Waals surface area contributed by atoms with Gasteiger partial charge in [0.15, 0.2) is 0 Å². The van der Waals surface area contributed by atoms with Crippen LogP contribution in [0.3, 0.4) is 0 Å². The number of ether oxygens (including phenoxy) is 1. The van der Waals surface area contributed by atoms with Crippen molar-refractivity contribution in [3.8, 4) is 0 Å². The molecule has 2 nitrogen and oxygen atoms in total. The highest BCUT2D eigenvalue weighted by atomic mass is 16.5. The third-order valence-electron chi connectivity index (χ3n) is 4.27. The van der Waals surface area contributed by atoms with E-state index in [4.69, 9.17) is 4.74 Å². The zero-order chi connectivity index (χ0) is 11.7. The van der Waals surface area contributed by atoms with Gasteiger partial charge in [-0.1, -0.05) is 24.3 Å². The predicted molar refractivity (Wildman–Crippen MR) is 69.3 cm³/mol. The Kier molecular flexibility index (Phi) is 2.93. The standard InChI is InChI=1S/C15H21NO/c1-12-5-2-3-7-14(12)15(10-17-11-15)9-13-6-4-8-16-13/h2-3,5,7,13,16H,4,6,8-11H2,1H3. The van der Waals surface area contributed by atoms with Gasteiger partial charge in [-0.05, 0) is 43.9 Å². The number of benzene rings is 1. The number of hydrogen-bond donors (Lipinski definition) is 1. The lowest BCUT2D eigenvalue weighted by Crippen LogP contribution is -2.50. The monoisotopic (exact) mass is 231 g/mol. The van der Waals surface area contributed by atoms with Crippen molar-refractivity contribution >= 4 is 0 Å². The summed E-state index contributed by atoms with van der Waals surface area (Å²) in [6.45, 7) is 5.21. The van der Waals surface area contributed by atoms with Crippen LogP contribution in [0.25, 0.3) is 0 Å². The average molecular weight is 231 g/mol. The van der Waals surface area contributed by atoms with Crippen LogP contribution in [0.1, 0.15) is 30.4 Å². The molecule has 1 aromatic carbocycles. The molecule has 2 aliphatic rings. The molecule has 2 heteroatoms. The molecule has 0 amide bonds. The quantitative estimate of drug-likeness (QED) is 0.862. The summed E-state index contributed by atoms with van der Waals surface area (Å²) < 4.78 is 5.53. The van der Waals surface area contributed by atoms with E-state index in [0.717, 1.165) is 13.2 Å². The second-order valence-corrected chi connectivity index (χ2v) is 5.59. The number of hydrogen-bond acceptors (Lipinski definition) is 2. The Morgan fingerprint density at radius 3 is 2.76 bits per heavy atom. The Hall–Kier alpha value is -0.860. The molecule has 2 fully saturated rings. The molecule has 1 atom stereocenters. The predicted octanol–water partition coefficient (Wildman–Crippen LogP) is 2.41. The molecule has 3 rings (SSSR count). The summed E-state index contributed by atoms with van der Waals surface area (Å²) in [6, 6.07) is 9.48. The Morgan fingerprint density at radius 2 is 2.18 bits per heavy atom. The van der Waals surface area contributed by atoms with Gasteiger partial charge in [-0.2, -0.15) is 0 Å². The van der Waals surface area contributed by atoms with Gasteiger partial charge in [-0.25, -0.2) is 0 Å². The van der Waals surface area contributed by atoms with Crippen LogP contribution in [-0.2, 0) is 10.2 Å². The van der Waals surface area contributed by atoms with Crippen molar-refractivity contribution in [1.82, 2.24) is 5.32 Å². The van der Waals surface area contributed by atoms with Crippen molar-refractivity contribution in [1.29, 1.82) is 0 Å². The van der Waals surface area contributed by atoms with Crippen molar-refractivity contribution in [2.24, 2.45) is 0 Å². The normalized spacial score (nSPS) is 26.8.